The Morgan fingerprint density at radius 1 is 1.41 bits per heavy atom. The zero-order valence-electron chi connectivity index (χ0n) is 9.35. The number of rotatable bonds is 3. The van der Waals surface area contributed by atoms with Crippen LogP contribution in [-0.4, -0.2) is 11.0 Å². The minimum atomic E-state index is -0.439. The van der Waals surface area contributed by atoms with E-state index < -0.39 is 4.92 Å². The van der Waals surface area contributed by atoms with Gasteiger partial charge in [0.2, 0.25) is 0 Å². The summed E-state index contributed by atoms with van der Waals surface area (Å²) >= 11 is 0. The summed E-state index contributed by atoms with van der Waals surface area (Å²) in [6, 6.07) is 4.89. The number of anilines is 1. The van der Waals surface area contributed by atoms with Crippen molar-refractivity contribution in [3.05, 3.63) is 39.7 Å². The van der Waals surface area contributed by atoms with Crippen LogP contribution in [0, 0.1) is 16.7 Å². The van der Waals surface area contributed by atoms with Gasteiger partial charge < -0.3 is 5.32 Å². The van der Waals surface area contributed by atoms with Crippen molar-refractivity contribution in [2.45, 2.75) is 31.7 Å². The molecule has 17 heavy (non-hydrogen) atoms. The molecule has 0 heterocycles. The second-order valence-electron chi connectivity index (χ2n) is 4.20. The van der Waals surface area contributed by atoms with Crippen molar-refractivity contribution >= 4 is 17.1 Å². The van der Waals surface area contributed by atoms with Crippen molar-refractivity contribution in [1.29, 1.82) is 0 Å². The molecule has 5 nitrogen and oxygen atoms in total. The first-order valence-corrected chi connectivity index (χ1v) is 5.63. The van der Waals surface area contributed by atoms with Gasteiger partial charge in [-0.2, -0.15) is 0 Å². The van der Waals surface area contributed by atoms with E-state index in [0.29, 0.717) is 17.4 Å². The van der Waals surface area contributed by atoms with E-state index in [1.807, 2.05) is 0 Å². The Morgan fingerprint density at radius 3 is 2.71 bits per heavy atom. The fraction of sp³-hybridized carbons (Fsp3) is 0.417. The summed E-state index contributed by atoms with van der Waals surface area (Å²) in [6.07, 6.45) is 4.46. The molecule has 0 atom stereocenters. The van der Waals surface area contributed by atoms with E-state index in [1.165, 1.54) is 18.9 Å². The Balaban J connectivity index is 2.26. The molecule has 88 valence electrons. The lowest BCUT2D eigenvalue weighted by molar-refractivity contribution is -0.383. The topological polar surface area (TPSA) is 59.5 Å². The number of nitro groups is 1. The fourth-order valence-electron chi connectivity index (χ4n) is 2.15. The van der Waals surface area contributed by atoms with Gasteiger partial charge in [-0.15, -0.1) is 0 Å². The number of nitrogens with zero attached hydrogens (tertiary/aromatic N) is 2. The first-order valence-electron chi connectivity index (χ1n) is 5.63. The molecule has 1 aromatic rings. The average molecular weight is 231 g/mol. The Bertz CT molecular complexity index is 473. The van der Waals surface area contributed by atoms with Crippen molar-refractivity contribution in [3.63, 3.8) is 0 Å². The van der Waals surface area contributed by atoms with E-state index in [0.717, 1.165) is 12.8 Å². The summed E-state index contributed by atoms with van der Waals surface area (Å²) in [5, 5.41) is 14.1. The van der Waals surface area contributed by atoms with Crippen LogP contribution in [0.1, 0.15) is 25.7 Å². The van der Waals surface area contributed by atoms with Gasteiger partial charge >= 0.3 is 0 Å². The third-order valence-corrected chi connectivity index (χ3v) is 3.02. The van der Waals surface area contributed by atoms with Crippen LogP contribution in [-0.2, 0) is 0 Å². The van der Waals surface area contributed by atoms with Gasteiger partial charge in [0.1, 0.15) is 5.69 Å². The Labute approximate surface area is 99.4 Å². The van der Waals surface area contributed by atoms with E-state index in [4.69, 9.17) is 6.57 Å². The number of benzene rings is 1. The summed E-state index contributed by atoms with van der Waals surface area (Å²) in [4.78, 5) is 13.7. The van der Waals surface area contributed by atoms with Gasteiger partial charge in [0.15, 0.2) is 5.69 Å². The molecule has 0 bridgehead atoms. The quantitative estimate of drug-likeness (QED) is 0.492. The smallest absolute Gasteiger partial charge is 0.282 e. The summed E-state index contributed by atoms with van der Waals surface area (Å²) in [5.74, 6) is 0. The summed E-state index contributed by atoms with van der Waals surface area (Å²) in [6.45, 7) is 6.86. The van der Waals surface area contributed by atoms with Gasteiger partial charge in [0.25, 0.3) is 5.69 Å². The lowest BCUT2D eigenvalue weighted by atomic mass is 10.2. The van der Waals surface area contributed by atoms with E-state index >= 15 is 0 Å². The monoisotopic (exact) mass is 231 g/mol. The Morgan fingerprint density at radius 2 is 2.12 bits per heavy atom. The maximum atomic E-state index is 10.9. The lowest BCUT2D eigenvalue weighted by Gasteiger charge is -2.13. The molecule has 5 heteroatoms. The Hall–Kier alpha value is -2.09. The highest BCUT2D eigenvalue weighted by atomic mass is 16.6. The second kappa shape index (κ2) is 4.83. The molecule has 0 saturated heterocycles. The predicted octanol–water partition coefficient (Wildman–Crippen LogP) is 3.50. The van der Waals surface area contributed by atoms with Crippen LogP contribution in [0.5, 0.6) is 0 Å². The number of nitro benzene ring substituents is 1. The van der Waals surface area contributed by atoms with Crippen LogP contribution >= 0.6 is 0 Å². The number of hydrogen-bond acceptors (Lipinski definition) is 3. The molecule has 0 aliphatic heterocycles. The molecule has 1 saturated carbocycles. The largest absolute Gasteiger partial charge is 0.377 e. The lowest BCUT2D eigenvalue weighted by Crippen LogP contribution is -2.15. The zero-order chi connectivity index (χ0) is 12.3. The van der Waals surface area contributed by atoms with E-state index in [9.17, 15) is 10.1 Å². The van der Waals surface area contributed by atoms with E-state index in [1.54, 1.807) is 12.1 Å². The van der Waals surface area contributed by atoms with E-state index in [-0.39, 0.29) is 5.69 Å². The van der Waals surface area contributed by atoms with Crippen LogP contribution < -0.4 is 5.32 Å². The zero-order valence-corrected chi connectivity index (χ0v) is 9.35. The second-order valence-corrected chi connectivity index (χ2v) is 4.20. The molecule has 0 aromatic heterocycles. The first-order chi connectivity index (χ1) is 8.20. The fourth-order valence-corrected chi connectivity index (χ4v) is 2.15. The molecule has 1 fully saturated rings. The van der Waals surface area contributed by atoms with Gasteiger partial charge in [-0.1, -0.05) is 18.9 Å². The third-order valence-electron chi connectivity index (χ3n) is 3.02. The average Bonchev–Trinajstić information content (AvgIpc) is 2.82. The van der Waals surface area contributed by atoms with Gasteiger partial charge in [-0.25, -0.2) is 4.85 Å². The SMILES string of the molecule is [C-]#[N+]c1ccc(NC2CCCC2)c([N+](=O)[O-])c1. The molecule has 0 radical (unpaired) electrons. The van der Waals surface area contributed by atoms with Gasteiger partial charge in [-0.05, 0) is 18.9 Å². The predicted molar refractivity (Wildman–Crippen MR) is 65.2 cm³/mol. The van der Waals surface area contributed by atoms with Gasteiger partial charge in [0, 0.05) is 12.1 Å². The van der Waals surface area contributed by atoms with Crippen molar-refractivity contribution in [3.8, 4) is 0 Å². The molecule has 0 unspecified atom stereocenters. The minimum Gasteiger partial charge on any atom is -0.377 e. The van der Waals surface area contributed by atoms with Crippen LogP contribution in [0.3, 0.4) is 0 Å². The van der Waals surface area contributed by atoms with Crippen LogP contribution in [0.25, 0.3) is 4.85 Å². The normalized spacial score (nSPS) is 15.5. The molecule has 0 spiro atoms. The third kappa shape index (κ3) is 2.53. The molecule has 1 N–H and O–H groups in total. The molecule has 0 amide bonds. The molecule has 2 rings (SSSR count). The minimum absolute atomic E-state index is 0.00889. The summed E-state index contributed by atoms with van der Waals surface area (Å²) in [7, 11) is 0. The number of nitrogens with one attached hydrogen (secondary N) is 1. The van der Waals surface area contributed by atoms with Crippen molar-refractivity contribution in [2.75, 3.05) is 5.32 Å². The standard InChI is InChI=1S/C12H13N3O2/c1-13-10-6-7-11(12(8-10)15(16)17)14-9-4-2-3-5-9/h6-9,14H,2-5H2. The maximum Gasteiger partial charge on any atom is 0.282 e. The summed E-state index contributed by atoms with van der Waals surface area (Å²) in [5.41, 5.74) is 0.813. The maximum absolute atomic E-state index is 10.9. The van der Waals surface area contributed by atoms with Crippen LogP contribution in [0.4, 0.5) is 17.1 Å². The molecule has 1 aromatic carbocycles. The van der Waals surface area contributed by atoms with Crippen molar-refractivity contribution in [1.82, 2.24) is 0 Å². The summed E-state index contributed by atoms with van der Waals surface area (Å²) < 4.78 is 0. The highest BCUT2D eigenvalue weighted by molar-refractivity contribution is 5.68. The highest BCUT2D eigenvalue weighted by Crippen LogP contribution is 2.32. The Kier molecular flexibility index (Phi) is 3.24. The number of hydrogen-bond donors (Lipinski definition) is 1. The van der Waals surface area contributed by atoms with Crippen molar-refractivity contribution < 1.29 is 4.92 Å². The van der Waals surface area contributed by atoms with Crippen molar-refractivity contribution in [2.24, 2.45) is 0 Å². The molecular formula is C12H13N3O2. The highest BCUT2D eigenvalue weighted by Gasteiger charge is 2.20. The first kappa shape index (κ1) is 11.4. The molecular weight excluding hydrogens is 218 g/mol. The van der Waals surface area contributed by atoms with Crippen LogP contribution in [0.2, 0.25) is 0 Å². The molecule has 1 aliphatic rings. The molecule has 1 aliphatic carbocycles. The van der Waals surface area contributed by atoms with Gasteiger partial charge in [0.05, 0.1) is 11.5 Å². The van der Waals surface area contributed by atoms with Crippen LogP contribution in [0.15, 0.2) is 18.2 Å². The van der Waals surface area contributed by atoms with Gasteiger partial charge in [-0.3, -0.25) is 10.1 Å². The van der Waals surface area contributed by atoms with E-state index in [2.05, 4.69) is 10.2 Å².